The summed E-state index contributed by atoms with van der Waals surface area (Å²) in [5, 5.41) is 6.33. The highest BCUT2D eigenvalue weighted by molar-refractivity contribution is 7.50. The second-order valence-electron chi connectivity index (χ2n) is 16.6. The number of benzene rings is 4. The molecular formula is C38H62Si6. The summed E-state index contributed by atoms with van der Waals surface area (Å²) in [6.45, 7) is 35.0. The monoisotopic (exact) mass is 686 g/mol. The summed E-state index contributed by atoms with van der Waals surface area (Å²) in [4.78, 5) is 0. The molecule has 6 heteroatoms. The van der Waals surface area contributed by atoms with E-state index in [1.165, 1.54) is 0 Å². The van der Waals surface area contributed by atoms with Crippen LogP contribution in [0, 0.1) is 0 Å². The van der Waals surface area contributed by atoms with Crippen LogP contribution in [-0.4, -0.2) is 45.5 Å². The Kier molecular flexibility index (Phi) is 13.2. The molecule has 4 rings (SSSR count). The quantitative estimate of drug-likeness (QED) is 0.170. The van der Waals surface area contributed by atoms with E-state index in [4.69, 9.17) is 0 Å². The molecule has 0 N–H and O–H groups in total. The van der Waals surface area contributed by atoms with Gasteiger partial charge in [-0.2, -0.15) is 0 Å². The van der Waals surface area contributed by atoms with Crippen LogP contribution in [0.1, 0.15) is 0 Å². The van der Waals surface area contributed by atoms with Crippen molar-refractivity contribution in [1.29, 1.82) is 0 Å². The average molecular weight is 687 g/mol. The minimum Gasteiger partial charge on any atom is -0.0715 e. The molecule has 0 saturated heterocycles. The van der Waals surface area contributed by atoms with E-state index in [9.17, 15) is 0 Å². The van der Waals surface area contributed by atoms with Gasteiger partial charge in [-0.3, -0.25) is 0 Å². The Morgan fingerprint density at radius 3 is 0.636 bits per heavy atom. The fraction of sp³-hybridized carbons (Fsp3) is 0.368. The summed E-state index contributed by atoms with van der Waals surface area (Å²) in [7, 11) is -7.08. The van der Waals surface area contributed by atoms with E-state index in [1.807, 2.05) is 0 Å². The predicted octanol–water partition coefficient (Wildman–Crippen LogP) is 9.33. The van der Waals surface area contributed by atoms with Crippen molar-refractivity contribution in [1.82, 2.24) is 0 Å². The molecule has 0 bridgehead atoms. The van der Waals surface area contributed by atoms with Gasteiger partial charge in [-0.1, -0.05) is 234 Å². The summed E-state index contributed by atoms with van der Waals surface area (Å²) in [5.41, 5.74) is 0. The summed E-state index contributed by atoms with van der Waals surface area (Å²) in [6, 6.07) is 44.5. The van der Waals surface area contributed by atoms with Gasteiger partial charge in [0.2, 0.25) is 0 Å². The second kappa shape index (κ2) is 15.2. The molecule has 0 aliphatic rings. The molecule has 0 fully saturated rings. The van der Waals surface area contributed by atoms with Crippen LogP contribution < -0.4 is 20.7 Å². The van der Waals surface area contributed by atoms with Crippen molar-refractivity contribution in [3.8, 4) is 0 Å². The fourth-order valence-electron chi connectivity index (χ4n) is 5.01. The van der Waals surface area contributed by atoms with Crippen LogP contribution in [0.3, 0.4) is 0 Å². The van der Waals surface area contributed by atoms with Crippen LogP contribution >= 0.6 is 0 Å². The highest BCUT2D eigenvalue weighted by Crippen LogP contribution is 2.21. The Morgan fingerprint density at radius 1 is 0.250 bits per heavy atom. The highest BCUT2D eigenvalue weighted by Gasteiger charge is 2.44. The molecular weight excluding hydrogens is 625 g/mol. The first-order chi connectivity index (χ1) is 20.2. The Balaban J connectivity index is 0.000000248. The lowest BCUT2D eigenvalue weighted by molar-refractivity contribution is 1.68. The molecule has 0 nitrogen and oxygen atoms in total. The van der Waals surface area contributed by atoms with E-state index in [0.717, 1.165) is 0 Å². The normalized spacial score (nSPS) is 12.8. The molecule has 238 valence electrons. The van der Waals surface area contributed by atoms with Crippen molar-refractivity contribution < 1.29 is 0 Å². The molecule has 0 heterocycles. The predicted molar refractivity (Wildman–Crippen MR) is 221 cm³/mol. The van der Waals surface area contributed by atoms with Gasteiger partial charge in [-0.05, 0) is 0 Å². The van der Waals surface area contributed by atoms with Crippen molar-refractivity contribution in [3.63, 3.8) is 0 Å². The summed E-state index contributed by atoms with van der Waals surface area (Å²) >= 11 is 0. The molecule has 0 aliphatic heterocycles. The number of rotatable bonds is 7. The molecule has 0 aliphatic carbocycles. The van der Waals surface area contributed by atoms with Gasteiger partial charge in [-0.25, -0.2) is 0 Å². The van der Waals surface area contributed by atoms with Crippen molar-refractivity contribution in [2.75, 3.05) is 0 Å². The smallest absolute Gasteiger partial charge is 0.0715 e. The van der Waals surface area contributed by atoms with E-state index >= 15 is 0 Å². The molecule has 0 amide bonds. The SMILES string of the molecule is C[Si](C)(C)[Si](C)(C)C.C[Si](C)(C)[Si](C)(c1ccccc1)c1ccccc1.C[Si](C)(c1ccccc1)[Si](C)(C)c1ccccc1. The van der Waals surface area contributed by atoms with E-state index in [2.05, 4.69) is 213 Å². The van der Waals surface area contributed by atoms with Crippen LogP contribution in [-0.2, 0) is 0 Å². The van der Waals surface area contributed by atoms with E-state index in [-0.39, 0.29) is 0 Å². The largest absolute Gasteiger partial charge is 0.107 e. The molecule has 4 aromatic carbocycles. The van der Waals surface area contributed by atoms with Gasteiger partial charge in [0.25, 0.3) is 0 Å². The Bertz CT molecular complexity index is 1280. The molecule has 0 saturated carbocycles. The van der Waals surface area contributed by atoms with Crippen molar-refractivity contribution in [3.05, 3.63) is 121 Å². The van der Waals surface area contributed by atoms with E-state index in [1.54, 1.807) is 20.7 Å². The third kappa shape index (κ3) is 9.36. The first kappa shape index (κ1) is 38.4. The van der Waals surface area contributed by atoms with Crippen molar-refractivity contribution in [2.45, 2.75) is 91.7 Å². The average Bonchev–Trinajstić information content (AvgIpc) is 2.97. The lowest BCUT2D eigenvalue weighted by Gasteiger charge is -2.39. The van der Waals surface area contributed by atoms with E-state index < -0.39 is 45.5 Å². The zero-order valence-electron chi connectivity index (χ0n) is 30.5. The summed E-state index contributed by atoms with van der Waals surface area (Å²) in [5.74, 6) is 0. The summed E-state index contributed by atoms with van der Waals surface area (Å²) < 4.78 is 0. The Labute approximate surface area is 277 Å². The standard InChI is InChI=1S/2C16H22Si2.C6H18Si2/c1-17(2,15-11-7-5-8-12-15)18(3,4)16-13-9-6-10-14-16;1-17(2,3)18(4,15-11-7-5-8-12-15)16-13-9-6-10-14-16;1-7(2,3)8(4,5)6/h2*5-14H,1-4H3;1-6H3. The Morgan fingerprint density at radius 2 is 0.455 bits per heavy atom. The Hall–Kier alpha value is -1.82. The molecule has 0 aromatic heterocycles. The third-order valence-electron chi connectivity index (χ3n) is 11.0. The lowest BCUT2D eigenvalue weighted by atomic mass is 10.4. The minimum absolute atomic E-state index is 0.720. The molecule has 0 unspecified atom stereocenters. The van der Waals surface area contributed by atoms with Crippen LogP contribution in [0.2, 0.25) is 91.7 Å². The number of hydrogen-bond donors (Lipinski definition) is 0. The van der Waals surface area contributed by atoms with Gasteiger partial charge in [0.05, 0.1) is 15.2 Å². The van der Waals surface area contributed by atoms with Crippen molar-refractivity contribution in [2.24, 2.45) is 0 Å². The van der Waals surface area contributed by atoms with Gasteiger partial charge in [-0.15, -0.1) is 0 Å². The maximum absolute atomic E-state index is 2.55. The lowest BCUT2D eigenvalue weighted by Crippen LogP contribution is -2.71. The van der Waals surface area contributed by atoms with Gasteiger partial charge in [0, 0.05) is 22.8 Å². The fourth-order valence-corrected chi connectivity index (χ4v) is 23.8. The van der Waals surface area contributed by atoms with Crippen LogP contribution in [0.5, 0.6) is 0 Å². The zero-order chi connectivity index (χ0) is 33.5. The first-order valence-corrected chi connectivity index (χ1v) is 38.4. The maximum atomic E-state index is 2.55. The van der Waals surface area contributed by atoms with Crippen LogP contribution in [0.25, 0.3) is 0 Å². The number of hydrogen-bond acceptors (Lipinski definition) is 0. The van der Waals surface area contributed by atoms with Crippen LogP contribution in [0.4, 0.5) is 0 Å². The van der Waals surface area contributed by atoms with Gasteiger partial charge < -0.3 is 0 Å². The molecule has 4 aromatic rings. The molecule has 44 heavy (non-hydrogen) atoms. The topological polar surface area (TPSA) is 0 Å². The van der Waals surface area contributed by atoms with Crippen LogP contribution in [0.15, 0.2) is 121 Å². The third-order valence-corrected chi connectivity index (χ3v) is 63.5. The van der Waals surface area contributed by atoms with Crippen molar-refractivity contribution >= 4 is 66.3 Å². The first-order valence-electron chi connectivity index (χ1n) is 16.4. The van der Waals surface area contributed by atoms with E-state index in [0.29, 0.717) is 0 Å². The zero-order valence-corrected chi connectivity index (χ0v) is 36.5. The minimum atomic E-state index is -1.56. The molecule has 0 spiro atoms. The maximum Gasteiger partial charge on any atom is 0.107 e. The van der Waals surface area contributed by atoms with Gasteiger partial charge >= 0.3 is 0 Å². The highest BCUT2D eigenvalue weighted by atomic mass is 29.3. The van der Waals surface area contributed by atoms with Gasteiger partial charge in [0.1, 0.15) is 7.59 Å². The molecule has 0 radical (unpaired) electrons. The summed E-state index contributed by atoms with van der Waals surface area (Å²) in [6.07, 6.45) is 0. The van der Waals surface area contributed by atoms with Gasteiger partial charge in [0.15, 0.2) is 0 Å². The molecule has 0 atom stereocenters. The second-order valence-corrected chi connectivity index (χ2v) is 65.1.